The Morgan fingerprint density at radius 2 is 1.52 bits per heavy atom. The highest BCUT2D eigenvalue weighted by Gasteiger charge is 2.37. The molecule has 0 heterocycles. The lowest BCUT2D eigenvalue weighted by atomic mass is 9.63. The van der Waals surface area contributed by atoms with Crippen LogP contribution in [0, 0.1) is 5.92 Å². The molecule has 0 aliphatic heterocycles. The molecule has 118 valence electrons. The van der Waals surface area contributed by atoms with E-state index in [0.29, 0.717) is 5.41 Å². The first kappa shape index (κ1) is 16.9. The lowest BCUT2D eigenvalue weighted by molar-refractivity contribution is 0.331. The molecule has 0 nitrogen and oxygen atoms in total. The molecule has 0 radical (unpaired) electrons. The molecular formula is C20H31Cl. The second-order valence-corrected chi connectivity index (χ2v) is 9.04. The van der Waals surface area contributed by atoms with Crippen LogP contribution in [-0.4, -0.2) is 0 Å². The third-order valence-corrected chi connectivity index (χ3v) is 5.71. The van der Waals surface area contributed by atoms with Crippen molar-refractivity contribution in [3.63, 3.8) is 0 Å². The first-order valence-corrected chi connectivity index (χ1v) is 8.86. The molecule has 0 amide bonds. The van der Waals surface area contributed by atoms with Gasteiger partial charge in [-0.2, -0.15) is 0 Å². The normalized spacial score (nSPS) is 21.1. The summed E-state index contributed by atoms with van der Waals surface area (Å²) >= 11 is 6.66. The van der Waals surface area contributed by atoms with Crippen molar-refractivity contribution in [2.24, 2.45) is 5.92 Å². The van der Waals surface area contributed by atoms with E-state index in [9.17, 15) is 0 Å². The fraction of sp³-hybridized carbons (Fsp3) is 0.700. The number of alkyl halides is 1. The van der Waals surface area contributed by atoms with E-state index in [4.69, 9.17) is 11.6 Å². The fourth-order valence-corrected chi connectivity index (χ4v) is 3.71. The van der Waals surface area contributed by atoms with Gasteiger partial charge in [0, 0.05) is 0 Å². The monoisotopic (exact) mass is 306 g/mol. The van der Waals surface area contributed by atoms with Crippen molar-refractivity contribution in [1.29, 1.82) is 0 Å². The van der Waals surface area contributed by atoms with Gasteiger partial charge in [-0.15, -0.1) is 11.6 Å². The number of benzene rings is 1. The maximum Gasteiger partial charge on any atom is 0.0585 e. The molecule has 2 rings (SSSR count). The Morgan fingerprint density at radius 3 is 2.10 bits per heavy atom. The van der Waals surface area contributed by atoms with Gasteiger partial charge >= 0.3 is 0 Å². The van der Waals surface area contributed by atoms with Gasteiger partial charge in [-0.25, -0.2) is 0 Å². The van der Waals surface area contributed by atoms with Gasteiger partial charge in [0.2, 0.25) is 0 Å². The van der Waals surface area contributed by atoms with E-state index >= 15 is 0 Å². The molecule has 0 fully saturated rings. The van der Waals surface area contributed by atoms with Gasteiger partial charge < -0.3 is 0 Å². The third kappa shape index (κ3) is 3.65. The maximum atomic E-state index is 6.66. The second kappa shape index (κ2) is 5.95. The summed E-state index contributed by atoms with van der Waals surface area (Å²) in [5, 5.41) is 0.151. The topological polar surface area (TPSA) is 0 Å². The number of halogens is 1. The summed E-state index contributed by atoms with van der Waals surface area (Å²) in [6, 6.07) is 7.00. The molecule has 21 heavy (non-hydrogen) atoms. The molecule has 0 saturated heterocycles. The number of rotatable bonds is 4. The lowest BCUT2D eigenvalue weighted by Gasteiger charge is -2.42. The summed E-state index contributed by atoms with van der Waals surface area (Å²) in [7, 11) is 0. The van der Waals surface area contributed by atoms with Crippen LogP contribution in [0.25, 0.3) is 0 Å². The molecule has 0 saturated carbocycles. The Kier molecular flexibility index (Phi) is 4.78. The highest BCUT2D eigenvalue weighted by molar-refractivity contribution is 6.20. The molecular weight excluding hydrogens is 276 g/mol. The van der Waals surface area contributed by atoms with E-state index in [-0.39, 0.29) is 10.8 Å². The van der Waals surface area contributed by atoms with Gasteiger partial charge in [0.1, 0.15) is 0 Å². The molecule has 1 aliphatic rings. The summed E-state index contributed by atoms with van der Waals surface area (Å²) in [5.41, 5.74) is 4.92. The van der Waals surface area contributed by atoms with Crippen molar-refractivity contribution in [1.82, 2.24) is 0 Å². The van der Waals surface area contributed by atoms with Crippen LogP contribution in [0.15, 0.2) is 18.2 Å². The van der Waals surface area contributed by atoms with E-state index in [0.717, 1.165) is 12.3 Å². The lowest BCUT2D eigenvalue weighted by Crippen LogP contribution is -2.33. The maximum absolute atomic E-state index is 6.66. The Bertz CT molecular complexity index is 497. The molecule has 1 aliphatic carbocycles. The predicted molar refractivity (Wildman–Crippen MR) is 94.4 cm³/mol. The van der Waals surface area contributed by atoms with E-state index in [1.807, 2.05) is 0 Å². The molecule has 0 aromatic heterocycles. The minimum Gasteiger partial charge on any atom is -0.118 e. The van der Waals surface area contributed by atoms with Gasteiger partial charge in [-0.3, -0.25) is 0 Å². The van der Waals surface area contributed by atoms with Gasteiger partial charge in [-0.1, -0.05) is 59.7 Å². The number of hydrogen-bond acceptors (Lipinski definition) is 0. The van der Waals surface area contributed by atoms with Crippen LogP contribution >= 0.6 is 11.6 Å². The smallest absolute Gasteiger partial charge is 0.0585 e. The third-order valence-electron chi connectivity index (χ3n) is 5.24. The first-order chi connectivity index (χ1) is 9.63. The van der Waals surface area contributed by atoms with Crippen molar-refractivity contribution < 1.29 is 0 Å². The first-order valence-electron chi connectivity index (χ1n) is 8.42. The fourth-order valence-electron chi connectivity index (χ4n) is 3.45. The van der Waals surface area contributed by atoms with Crippen LogP contribution in [0.1, 0.15) is 89.3 Å². The van der Waals surface area contributed by atoms with Crippen LogP contribution in [0.2, 0.25) is 0 Å². The molecule has 1 atom stereocenters. The van der Waals surface area contributed by atoms with E-state index in [1.165, 1.54) is 36.0 Å². The zero-order valence-electron chi connectivity index (χ0n) is 14.6. The van der Waals surface area contributed by atoms with Crippen molar-refractivity contribution in [3.8, 4) is 0 Å². The summed E-state index contributed by atoms with van der Waals surface area (Å²) in [4.78, 5) is 0. The average molecular weight is 307 g/mol. The van der Waals surface area contributed by atoms with Gasteiger partial charge in [0.05, 0.1) is 5.38 Å². The Balaban J connectivity index is 2.33. The van der Waals surface area contributed by atoms with Crippen LogP contribution in [0.4, 0.5) is 0 Å². The second-order valence-electron chi connectivity index (χ2n) is 8.51. The molecule has 1 aromatic rings. The zero-order valence-corrected chi connectivity index (χ0v) is 15.3. The number of fused-ring (bicyclic) bond motifs is 1. The van der Waals surface area contributed by atoms with Crippen molar-refractivity contribution in [2.75, 3.05) is 0 Å². The summed E-state index contributed by atoms with van der Waals surface area (Å²) in [5.74, 6) is 0.722. The van der Waals surface area contributed by atoms with Gasteiger partial charge in [0.15, 0.2) is 0 Å². The van der Waals surface area contributed by atoms with E-state index in [1.54, 1.807) is 0 Å². The summed E-state index contributed by atoms with van der Waals surface area (Å²) in [6.45, 7) is 14.0. The number of hydrogen-bond donors (Lipinski definition) is 0. The SMILES string of the molecule is CC(C)CCC(Cl)c1ccc2c(c1)C(C)(C)CCC2(C)C. The van der Waals surface area contributed by atoms with Crippen molar-refractivity contribution in [3.05, 3.63) is 34.9 Å². The Morgan fingerprint density at radius 1 is 0.952 bits per heavy atom. The van der Waals surface area contributed by atoms with Crippen LogP contribution in [-0.2, 0) is 10.8 Å². The molecule has 1 aromatic carbocycles. The van der Waals surface area contributed by atoms with Crippen molar-refractivity contribution >= 4 is 11.6 Å². The summed E-state index contributed by atoms with van der Waals surface area (Å²) in [6.07, 6.45) is 4.79. The molecule has 0 bridgehead atoms. The highest BCUT2D eigenvalue weighted by Crippen LogP contribution is 2.46. The summed E-state index contributed by atoms with van der Waals surface area (Å²) < 4.78 is 0. The Labute approximate surface area is 136 Å². The standard InChI is InChI=1S/C20H31Cl/c1-14(2)7-10-18(21)15-8-9-16-17(13-15)20(5,6)12-11-19(16,3)4/h8-9,13-14,18H,7,10-12H2,1-6H3. The van der Waals surface area contributed by atoms with Gasteiger partial charge in [-0.05, 0) is 59.1 Å². The quantitative estimate of drug-likeness (QED) is 0.539. The zero-order chi connectivity index (χ0) is 15.8. The van der Waals surface area contributed by atoms with Crippen LogP contribution in [0.5, 0.6) is 0 Å². The minimum absolute atomic E-state index is 0.151. The average Bonchev–Trinajstić information content (AvgIpc) is 2.41. The van der Waals surface area contributed by atoms with E-state index < -0.39 is 0 Å². The predicted octanol–water partition coefficient (Wildman–Crippen LogP) is 6.75. The highest BCUT2D eigenvalue weighted by atomic mass is 35.5. The molecule has 0 N–H and O–H groups in total. The molecule has 1 unspecified atom stereocenters. The minimum atomic E-state index is 0.151. The van der Waals surface area contributed by atoms with Gasteiger partial charge in [0.25, 0.3) is 0 Å². The van der Waals surface area contributed by atoms with Crippen LogP contribution < -0.4 is 0 Å². The van der Waals surface area contributed by atoms with Crippen molar-refractivity contribution in [2.45, 2.75) is 83.4 Å². The molecule has 0 spiro atoms. The van der Waals surface area contributed by atoms with E-state index in [2.05, 4.69) is 59.7 Å². The van der Waals surface area contributed by atoms with Crippen LogP contribution in [0.3, 0.4) is 0 Å². The largest absolute Gasteiger partial charge is 0.118 e. The molecule has 1 heteroatoms. The Hall–Kier alpha value is -0.490.